The Balaban J connectivity index is 2.09. The molecule has 0 aliphatic rings. The maximum atomic E-state index is 5.70. The van der Waals surface area contributed by atoms with Crippen LogP contribution >= 0.6 is 11.8 Å². The Morgan fingerprint density at radius 3 is 2.59 bits per heavy atom. The fourth-order valence-corrected chi connectivity index (χ4v) is 2.21. The highest BCUT2D eigenvalue weighted by atomic mass is 32.2. The van der Waals surface area contributed by atoms with Crippen LogP contribution in [0.4, 0.5) is 0 Å². The standard InChI is InChI=1S/C13H16N2OS/c1-10-12(14-13(17-3)15(10)2)9-16-11-7-5-4-6-8-11/h4-8H,9H2,1-3H3. The normalized spacial score (nSPS) is 10.5. The molecule has 0 amide bonds. The SMILES string of the molecule is CSc1nc(COc2ccccc2)c(C)n1C. The van der Waals surface area contributed by atoms with E-state index >= 15 is 0 Å². The van der Waals surface area contributed by atoms with E-state index in [9.17, 15) is 0 Å². The van der Waals surface area contributed by atoms with Crippen molar-refractivity contribution in [2.75, 3.05) is 6.26 Å². The summed E-state index contributed by atoms with van der Waals surface area (Å²) in [6.45, 7) is 2.58. The van der Waals surface area contributed by atoms with E-state index in [0.717, 1.165) is 22.3 Å². The summed E-state index contributed by atoms with van der Waals surface area (Å²) in [6, 6.07) is 9.81. The third kappa shape index (κ3) is 2.64. The molecule has 0 radical (unpaired) electrons. The number of thioether (sulfide) groups is 1. The van der Waals surface area contributed by atoms with Crippen LogP contribution in [-0.4, -0.2) is 15.8 Å². The van der Waals surface area contributed by atoms with Crippen LogP contribution in [0.25, 0.3) is 0 Å². The molecule has 1 heterocycles. The first kappa shape index (κ1) is 12.0. The van der Waals surface area contributed by atoms with E-state index in [1.807, 2.05) is 43.6 Å². The van der Waals surface area contributed by atoms with Gasteiger partial charge in [-0.3, -0.25) is 0 Å². The number of nitrogens with zero attached hydrogens (tertiary/aromatic N) is 2. The predicted octanol–water partition coefficient (Wildman–Crippen LogP) is 3.03. The van der Waals surface area contributed by atoms with Gasteiger partial charge in [0.15, 0.2) is 5.16 Å². The highest BCUT2D eigenvalue weighted by molar-refractivity contribution is 7.98. The smallest absolute Gasteiger partial charge is 0.168 e. The van der Waals surface area contributed by atoms with Crippen LogP contribution < -0.4 is 4.74 Å². The van der Waals surface area contributed by atoms with Crippen LogP contribution in [0.15, 0.2) is 35.5 Å². The van der Waals surface area contributed by atoms with Gasteiger partial charge >= 0.3 is 0 Å². The zero-order chi connectivity index (χ0) is 12.3. The average Bonchev–Trinajstić information content (AvgIpc) is 2.65. The van der Waals surface area contributed by atoms with Gasteiger partial charge in [0.25, 0.3) is 0 Å². The molecule has 1 aromatic heterocycles. The minimum atomic E-state index is 0.518. The minimum Gasteiger partial charge on any atom is -0.487 e. The van der Waals surface area contributed by atoms with Crippen molar-refractivity contribution < 1.29 is 4.74 Å². The van der Waals surface area contributed by atoms with E-state index in [0.29, 0.717) is 6.61 Å². The summed E-state index contributed by atoms with van der Waals surface area (Å²) in [5.74, 6) is 0.878. The first-order valence-corrected chi connectivity index (χ1v) is 6.69. The molecule has 0 unspecified atom stereocenters. The Morgan fingerprint density at radius 2 is 2.00 bits per heavy atom. The zero-order valence-corrected chi connectivity index (χ0v) is 11.1. The van der Waals surface area contributed by atoms with Crippen molar-refractivity contribution in [3.63, 3.8) is 0 Å². The lowest BCUT2D eigenvalue weighted by Crippen LogP contribution is -1.99. The topological polar surface area (TPSA) is 27.1 Å². The average molecular weight is 248 g/mol. The van der Waals surface area contributed by atoms with Crippen molar-refractivity contribution >= 4 is 11.8 Å². The maximum Gasteiger partial charge on any atom is 0.168 e. The van der Waals surface area contributed by atoms with Gasteiger partial charge in [0.1, 0.15) is 12.4 Å². The fourth-order valence-electron chi connectivity index (χ4n) is 1.60. The molecule has 0 saturated carbocycles. The number of benzene rings is 1. The van der Waals surface area contributed by atoms with Crippen LogP contribution in [0.2, 0.25) is 0 Å². The molecule has 0 aliphatic carbocycles. The van der Waals surface area contributed by atoms with Crippen molar-refractivity contribution in [2.24, 2.45) is 7.05 Å². The van der Waals surface area contributed by atoms with Crippen molar-refractivity contribution in [3.8, 4) is 5.75 Å². The number of imidazole rings is 1. The van der Waals surface area contributed by atoms with E-state index in [1.165, 1.54) is 0 Å². The Labute approximate surface area is 106 Å². The fraction of sp³-hybridized carbons (Fsp3) is 0.308. The molecule has 2 rings (SSSR count). The van der Waals surface area contributed by atoms with E-state index in [4.69, 9.17) is 4.74 Å². The summed E-state index contributed by atoms with van der Waals surface area (Å²) in [6.07, 6.45) is 2.03. The largest absolute Gasteiger partial charge is 0.487 e. The minimum absolute atomic E-state index is 0.518. The molecule has 17 heavy (non-hydrogen) atoms. The second kappa shape index (κ2) is 5.27. The maximum absolute atomic E-state index is 5.70. The van der Waals surface area contributed by atoms with Crippen LogP contribution in [-0.2, 0) is 13.7 Å². The number of rotatable bonds is 4. The van der Waals surface area contributed by atoms with Gasteiger partial charge in [0, 0.05) is 12.7 Å². The monoisotopic (exact) mass is 248 g/mol. The van der Waals surface area contributed by atoms with Gasteiger partial charge in [-0.1, -0.05) is 30.0 Å². The molecule has 0 aliphatic heterocycles. The number of aromatic nitrogens is 2. The number of hydrogen-bond acceptors (Lipinski definition) is 3. The summed E-state index contributed by atoms with van der Waals surface area (Å²) in [7, 11) is 2.03. The molecule has 4 heteroatoms. The lowest BCUT2D eigenvalue weighted by Gasteiger charge is -2.04. The van der Waals surface area contributed by atoms with Crippen molar-refractivity contribution in [1.29, 1.82) is 0 Å². The number of para-hydroxylation sites is 1. The number of hydrogen-bond donors (Lipinski definition) is 0. The quantitative estimate of drug-likeness (QED) is 0.778. The summed E-state index contributed by atoms with van der Waals surface area (Å²) < 4.78 is 7.79. The van der Waals surface area contributed by atoms with Gasteiger partial charge in [0.05, 0.1) is 5.69 Å². The zero-order valence-electron chi connectivity index (χ0n) is 10.3. The second-order valence-electron chi connectivity index (χ2n) is 3.79. The summed E-state index contributed by atoms with van der Waals surface area (Å²) in [5.41, 5.74) is 2.16. The molecule has 0 fully saturated rings. The van der Waals surface area contributed by atoms with Gasteiger partial charge in [-0.25, -0.2) is 4.98 Å². The molecule has 90 valence electrons. The lowest BCUT2D eigenvalue weighted by molar-refractivity contribution is 0.300. The molecule has 3 nitrogen and oxygen atoms in total. The van der Waals surface area contributed by atoms with E-state index in [-0.39, 0.29) is 0 Å². The molecule has 0 saturated heterocycles. The third-order valence-electron chi connectivity index (χ3n) is 2.74. The summed E-state index contributed by atoms with van der Waals surface area (Å²) in [4.78, 5) is 4.54. The summed E-state index contributed by atoms with van der Waals surface area (Å²) >= 11 is 1.65. The first-order chi connectivity index (χ1) is 8.22. The number of ether oxygens (including phenoxy) is 1. The predicted molar refractivity (Wildman–Crippen MR) is 70.5 cm³/mol. The highest BCUT2D eigenvalue weighted by Gasteiger charge is 2.10. The Kier molecular flexibility index (Phi) is 3.74. The molecule has 1 aromatic carbocycles. The summed E-state index contributed by atoms with van der Waals surface area (Å²) in [5, 5.41) is 1.02. The Morgan fingerprint density at radius 1 is 1.29 bits per heavy atom. The van der Waals surface area contributed by atoms with Crippen LogP contribution in [0.3, 0.4) is 0 Å². The molecule has 0 atom stereocenters. The van der Waals surface area contributed by atoms with E-state index < -0.39 is 0 Å². The highest BCUT2D eigenvalue weighted by Crippen LogP contribution is 2.19. The molecular formula is C13H16N2OS. The van der Waals surface area contributed by atoms with Gasteiger partial charge in [-0.2, -0.15) is 0 Å². The van der Waals surface area contributed by atoms with Gasteiger partial charge in [-0.05, 0) is 25.3 Å². The van der Waals surface area contributed by atoms with Gasteiger partial charge in [0.2, 0.25) is 0 Å². The van der Waals surface area contributed by atoms with Crippen LogP contribution in [0, 0.1) is 6.92 Å². The van der Waals surface area contributed by atoms with Gasteiger partial charge < -0.3 is 9.30 Å². The van der Waals surface area contributed by atoms with E-state index in [1.54, 1.807) is 11.8 Å². The van der Waals surface area contributed by atoms with Crippen molar-refractivity contribution in [1.82, 2.24) is 9.55 Å². The Hall–Kier alpha value is -1.42. The van der Waals surface area contributed by atoms with Gasteiger partial charge in [-0.15, -0.1) is 0 Å². The molecule has 0 spiro atoms. The molecular weight excluding hydrogens is 232 g/mol. The third-order valence-corrected chi connectivity index (χ3v) is 3.47. The second-order valence-corrected chi connectivity index (χ2v) is 4.56. The van der Waals surface area contributed by atoms with Crippen molar-refractivity contribution in [3.05, 3.63) is 41.7 Å². The van der Waals surface area contributed by atoms with Crippen molar-refractivity contribution in [2.45, 2.75) is 18.7 Å². The Bertz CT molecular complexity index is 494. The molecule has 0 N–H and O–H groups in total. The molecule has 2 aromatic rings. The van der Waals surface area contributed by atoms with Crippen LogP contribution in [0.1, 0.15) is 11.4 Å². The molecule has 0 bridgehead atoms. The first-order valence-electron chi connectivity index (χ1n) is 5.46. The van der Waals surface area contributed by atoms with Crippen LogP contribution in [0.5, 0.6) is 5.75 Å². The van der Waals surface area contributed by atoms with E-state index in [2.05, 4.69) is 16.5 Å². The lowest BCUT2D eigenvalue weighted by atomic mass is 10.3.